The third-order valence-electron chi connectivity index (χ3n) is 2.05. The third-order valence-corrected chi connectivity index (χ3v) is 2.05. The first-order chi connectivity index (χ1) is 7.86. The summed E-state index contributed by atoms with van der Waals surface area (Å²) in [6.07, 6.45) is 5.62. The Morgan fingerprint density at radius 2 is 1.65 bits per heavy atom. The van der Waals surface area contributed by atoms with Crippen LogP contribution in [0.5, 0.6) is 0 Å². The standard InChI is InChI=1S/C11H11.C5H5.Fe/c1-3-10(4-2)9-11-7-5-6-8-11;1-2-4-5-3-1;/h3-9H,1-2H2;1-5H;/q2*-1;+2. The largest absolute Gasteiger partial charge is 2.00 e. The van der Waals surface area contributed by atoms with Gasteiger partial charge in [0, 0.05) is 0 Å². The van der Waals surface area contributed by atoms with Gasteiger partial charge in [-0.05, 0) is 5.57 Å². The van der Waals surface area contributed by atoms with E-state index < -0.39 is 0 Å². The van der Waals surface area contributed by atoms with Gasteiger partial charge in [0.15, 0.2) is 0 Å². The summed E-state index contributed by atoms with van der Waals surface area (Å²) in [7, 11) is 0. The van der Waals surface area contributed by atoms with Crippen molar-refractivity contribution in [3.63, 3.8) is 0 Å². The van der Waals surface area contributed by atoms with Gasteiger partial charge in [-0.15, -0.1) is 6.08 Å². The minimum absolute atomic E-state index is 0. The Morgan fingerprint density at radius 1 is 1.00 bits per heavy atom. The van der Waals surface area contributed by atoms with Crippen molar-refractivity contribution in [1.82, 2.24) is 0 Å². The van der Waals surface area contributed by atoms with Crippen molar-refractivity contribution in [1.29, 1.82) is 0 Å². The third kappa shape index (κ3) is 6.57. The topological polar surface area (TPSA) is 0 Å². The Hall–Kier alpha value is -1.56. The van der Waals surface area contributed by atoms with Gasteiger partial charge < -0.3 is 0 Å². The van der Waals surface area contributed by atoms with Crippen molar-refractivity contribution in [3.05, 3.63) is 91.0 Å². The zero-order valence-electron chi connectivity index (χ0n) is 9.70. The van der Waals surface area contributed by atoms with Crippen LogP contribution in [0, 0.1) is 0 Å². The molecule has 1 heteroatoms. The molecule has 88 valence electrons. The van der Waals surface area contributed by atoms with Gasteiger partial charge >= 0.3 is 17.1 Å². The molecule has 2 aromatic carbocycles. The maximum absolute atomic E-state index is 3.67. The van der Waals surface area contributed by atoms with Gasteiger partial charge in [-0.25, -0.2) is 18.2 Å². The van der Waals surface area contributed by atoms with Crippen LogP contribution in [0.2, 0.25) is 0 Å². The van der Waals surface area contributed by atoms with Gasteiger partial charge in [-0.1, -0.05) is 25.3 Å². The number of allylic oxidation sites excluding steroid dienone is 3. The molecule has 0 saturated heterocycles. The van der Waals surface area contributed by atoms with Crippen LogP contribution in [0.4, 0.5) is 0 Å². The summed E-state index contributed by atoms with van der Waals surface area (Å²) in [6, 6.07) is 18.1. The van der Waals surface area contributed by atoms with E-state index in [2.05, 4.69) is 13.2 Å². The molecule has 2 rings (SSSR count). The molecule has 0 unspecified atom stereocenters. The molecule has 0 radical (unpaired) electrons. The second kappa shape index (κ2) is 9.65. The fourth-order valence-corrected chi connectivity index (χ4v) is 1.20. The smallest absolute Gasteiger partial charge is 0.214 e. The molecule has 0 aliphatic heterocycles. The number of hydrogen-bond donors (Lipinski definition) is 0. The molecule has 17 heavy (non-hydrogen) atoms. The van der Waals surface area contributed by atoms with E-state index >= 15 is 0 Å². The fourth-order valence-electron chi connectivity index (χ4n) is 1.20. The van der Waals surface area contributed by atoms with Gasteiger partial charge in [0.1, 0.15) is 0 Å². The summed E-state index contributed by atoms with van der Waals surface area (Å²) in [5.74, 6) is 0. The summed E-state index contributed by atoms with van der Waals surface area (Å²) in [6.45, 7) is 7.35. The van der Waals surface area contributed by atoms with Gasteiger partial charge in [-0.2, -0.15) is 42.0 Å². The normalized spacial score (nSPS) is 8.00. The summed E-state index contributed by atoms with van der Waals surface area (Å²) < 4.78 is 0. The summed E-state index contributed by atoms with van der Waals surface area (Å²) >= 11 is 0. The monoisotopic (exact) mass is 264 g/mol. The summed E-state index contributed by atoms with van der Waals surface area (Å²) in [5, 5.41) is 0. The van der Waals surface area contributed by atoms with E-state index in [1.54, 1.807) is 12.2 Å². The first-order valence-electron chi connectivity index (χ1n) is 5.22. The van der Waals surface area contributed by atoms with E-state index in [1.165, 1.54) is 5.56 Å². The first-order valence-corrected chi connectivity index (χ1v) is 5.22. The molecule has 0 amide bonds. The molecular formula is C16H16Fe. The van der Waals surface area contributed by atoms with Crippen LogP contribution in [-0.4, -0.2) is 0 Å². The van der Waals surface area contributed by atoms with E-state index in [-0.39, 0.29) is 17.1 Å². The maximum Gasteiger partial charge on any atom is 2.00 e. The summed E-state index contributed by atoms with van der Waals surface area (Å²) in [5.41, 5.74) is 2.25. The maximum atomic E-state index is 3.67. The van der Waals surface area contributed by atoms with Crippen molar-refractivity contribution < 1.29 is 17.1 Å². The predicted octanol–water partition coefficient (Wildman–Crippen LogP) is 4.56. The zero-order valence-corrected chi connectivity index (χ0v) is 10.8. The van der Waals surface area contributed by atoms with Crippen molar-refractivity contribution in [3.8, 4) is 0 Å². The molecule has 2 aromatic rings. The molecular weight excluding hydrogens is 248 g/mol. The quantitative estimate of drug-likeness (QED) is 0.433. The van der Waals surface area contributed by atoms with Crippen LogP contribution in [0.25, 0.3) is 6.08 Å². The molecule has 0 atom stereocenters. The van der Waals surface area contributed by atoms with E-state index in [1.807, 2.05) is 60.7 Å². The second-order valence-corrected chi connectivity index (χ2v) is 3.23. The number of hydrogen-bond acceptors (Lipinski definition) is 0. The molecule has 0 aromatic heterocycles. The van der Waals surface area contributed by atoms with Crippen LogP contribution >= 0.6 is 0 Å². The van der Waals surface area contributed by atoms with Crippen LogP contribution in [0.1, 0.15) is 5.56 Å². The van der Waals surface area contributed by atoms with Gasteiger partial charge in [-0.3, -0.25) is 0 Å². The molecule has 0 aliphatic carbocycles. The molecule has 0 aliphatic rings. The van der Waals surface area contributed by atoms with Crippen LogP contribution in [-0.2, 0) is 17.1 Å². The average molecular weight is 264 g/mol. The molecule has 0 saturated carbocycles. The molecule has 0 N–H and O–H groups in total. The van der Waals surface area contributed by atoms with Gasteiger partial charge in [0.05, 0.1) is 0 Å². The Labute approximate surface area is 114 Å². The molecule has 0 fully saturated rings. The van der Waals surface area contributed by atoms with Crippen molar-refractivity contribution in [2.75, 3.05) is 0 Å². The Kier molecular flexibility index (Phi) is 8.76. The average Bonchev–Trinajstić information content (AvgIpc) is 3.01. The van der Waals surface area contributed by atoms with E-state index in [0.29, 0.717) is 0 Å². The van der Waals surface area contributed by atoms with Crippen LogP contribution < -0.4 is 0 Å². The van der Waals surface area contributed by atoms with Gasteiger partial charge in [0.25, 0.3) is 0 Å². The fraction of sp³-hybridized carbons (Fsp3) is 0. The Balaban J connectivity index is 0.000000360. The van der Waals surface area contributed by atoms with Crippen molar-refractivity contribution >= 4 is 6.08 Å². The number of rotatable bonds is 3. The first kappa shape index (κ1) is 15.4. The minimum atomic E-state index is 0. The minimum Gasteiger partial charge on any atom is -0.214 e. The molecule has 0 spiro atoms. The Bertz CT molecular complexity index is 389. The van der Waals surface area contributed by atoms with Crippen molar-refractivity contribution in [2.24, 2.45) is 0 Å². The zero-order chi connectivity index (χ0) is 11.6. The second-order valence-electron chi connectivity index (χ2n) is 3.23. The van der Waals surface area contributed by atoms with E-state index in [0.717, 1.165) is 5.57 Å². The SMILES string of the molecule is C=CC(C=C)=Cc1cc[cH-]c1.[Fe+2].c1cc[cH-]c1. The van der Waals surface area contributed by atoms with E-state index in [9.17, 15) is 0 Å². The Morgan fingerprint density at radius 3 is 2.00 bits per heavy atom. The van der Waals surface area contributed by atoms with E-state index in [4.69, 9.17) is 0 Å². The van der Waals surface area contributed by atoms with Crippen LogP contribution in [0.3, 0.4) is 0 Å². The molecule has 0 heterocycles. The molecule has 0 bridgehead atoms. The summed E-state index contributed by atoms with van der Waals surface area (Å²) in [4.78, 5) is 0. The van der Waals surface area contributed by atoms with Crippen molar-refractivity contribution in [2.45, 2.75) is 0 Å². The van der Waals surface area contributed by atoms with Crippen LogP contribution in [0.15, 0.2) is 85.5 Å². The van der Waals surface area contributed by atoms with Gasteiger partial charge in [0.2, 0.25) is 0 Å². The molecule has 0 nitrogen and oxygen atoms in total. The predicted molar refractivity (Wildman–Crippen MR) is 72.4 cm³/mol.